The molecule has 1 heterocycles. The molecule has 1 amide bonds. The van der Waals surface area contributed by atoms with E-state index in [0.717, 1.165) is 32.6 Å². The van der Waals surface area contributed by atoms with Crippen LogP contribution in [0.1, 0.15) is 30.9 Å². The average molecular weight is 304 g/mol. The van der Waals surface area contributed by atoms with Gasteiger partial charge in [0, 0.05) is 32.7 Å². The molecule has 0 radical (unpaired) electrons. The Labute approximate surface area is 133 Å². The Morgan fingerprint density at radius 1 is 1.41 bits per heavy atom. The van der Waals surface area contributed by atoms with Gasteiger partial charge in [-0.3, -0.25) is 9.69 Å². The van der Waals surface area contributed by atoms with Gasteiger partial charge in [0.15, 0.2) is 0 Å². The lowest BCUT2D eigenvalue weighted by molar-refractivity contribution is -0.122. The fourth-order valence-corrected chi connectivity index (χ4v) is 2.91. The lowest BCUT2D eigenvalue weighted by atomic mass is 10.1. The summed E-state index contributed by atoms with van der Waals surface area (Å²) in [6, 6.07) is 8.57. The highest BCUT2D eigenvalue weighted by Gasteiger charge is 2.23. The summed E-state index contributed by atoms with van der Waals surface area (Å²) in [5.41, 5.74) is 2.76. The smallest absolute Gasteiger partial charge is 0.222 e. The molecule has 1 saturated heterocycles. The Balaban J connectivity index is 1.67. The standard InChI is InChI=1S/C18H28N2O2/c1-3-22-11-9-18(21)19-12-16-8-10-20(13-16)14-17-7-5-4-6-15(17)2/h4-7,16H,3,8-14H2,1-2H3,(H,19,21). The largest absolute Gasteiger partial charge is 0.381 e. The summed E-state index contributed by atoms with van der Waals surface area (Å²) < 4.78 is 5.20. The number of carbonyl (C=O) groups excluding carboxylic acids is 1. The highest BCUT2D eigenvalue weighted by atomic mass is 16.5. The second kappa shape index (κ2) is 8.91. The van der Waals surface area contributed by atoms with Gasteiger partial charge in [-0.2, -0.15) is 0 Å². The molecule has 1 fully saturated rings. The van der Waals surface area contributed by atoms with Crippen molar-refractivity contribution in [3.8, 4) is 0 Å². The van der Waals surface area contributed by atoms with E-state index in [4.69, 9.17) is 4.74 Å². The van der Waals surface area contributed by atoms with Crippen LogP contribution in [0.5, 0.6) is 0 Å². The highest BCUT2D eigenvalue weighted by Crippen LogP contribution is 2.19. The monoisotopic (exact) mass is 304 g/mol. The summed E-state index contributed by atoms with van der Waals surface area (Å²) in [7, 11) is 0. The lowest BCUT2D eigenvalue weighted by Gasteiger charge is -2.17. The van der Waals surface area contributed by atoms with E-state index in [1.807, 2.05) is 6.92 Å². The van der Waals surface area contributed by atoms with Crippen LogP contribution in [0.25, 0.3) is 0 Å². The van der Waals surface area contributed by atoms with Gasteiger partial charge in [-0.05, 0) is 43.9 Å². The summed E-state index contributed by atoms with van der Waals surface area (Å²) in [4.78, 5) is 14.2. The number of benzene rings is 1. The van der Waals surface area contributed by atoms with Gasteiger partial charge in [0.2, 0.25) is 5.91 Å². The number of rotatable bonds is 8. The zero-order chi connectivity index (χ0) is 15.8. The molecule has 1 aliphatic rings. The summed E-state index contributed by atoms with van der Waals surface area (Å²) in [5.74, 6) is 0.672. The van der Waals surface area contributed by atoms with Crippen LogP contribution in [0.4, 0.5) is 0 Å². The highest BCUT2D eigenvalue weighted by molar-refractivity contribution is 5.75. The number of hydrogen-bond acceptors (Lipinski definition) is 3. The minimum atomic E-state index is 0.103. The Bertz CT molecular complexity index is 476. The Kier molecular flexibility index (Phi) is 6.87. The number of aryl methyl sites for hydroxylation is 1. The van der Waals surface area contributed by atoms with Crippen molar-refractivity contribution in [3.05, 3.63) is 35.4 Å². The van der Waals surface area contributed by atoms with Crippen LogP contribution in [0.3, 0.4) is 0 Å². The predicted molar refractivity (Wildman–Crippen MR) is 88.7 cm³/mol. The SMILES string of the molecule is CCOCCC(=O)NCC1CCN(Cc2ccccc2C)C1. The summed E-state index contributed by atoms with van der Waals surface area (Å²) in [6.45, 7) is 9.29. The van der Waals surface area contributed by atoms with Gasteiger partial charge >= 0.3 is 0 Å². The van der Waals surface area contributed by atoms with Crippen LogP contribution in [-0.4, -0.2) is 43.7 Å². The molecule has 1 unspecified atom stereocenters. The van der Waals surface area contributed by atoms with E-state index in [2.05, 4.69) is 41.4 Å². The maximum Gasteiger partial charge on any atom is 0.222 e. The van der Waals surface area contributed by atoms with Gasteiger partial charge in [0.1, 0.15) is 0 Å². The van der Waals surface area contributed by atoms with Crippen LogP contribution in [-0.2, 0) is 16.1 Å². The van der Waals surface area contributed by atoms with Gasteiger partial charge in [0.25, 0.3) is 0 Å². The normalized spacial score (nSPS) is 18.5. The van der Waals surface area contributed by atoms with E-state index in [9.17, 15) is 4.79 Å². The number of hydrogen-bond donors (Lipinski definition) is 1. The van der Waals surface area contributed by atoms with Gasteiger partial charge in [-0.15, -0.1) is 0 Å². The van der Waals surface area contributed by atoms with Crippen LogP contribution in [0.15, 0.2) is 24.3 Å². The first-order valence-corrected chi connectivity index (χ1v) is 8.30. The van der Waals surface area contributed by atoms with Crippen LogP contribution >= 0.6 is 0 Å². The number of nitrogens with zero attached hydrogens (tertiary/aromatic N) is 1. The zero-order valence-corrected chi connectivity index (χ0v) is 13.8. The van der Waals surface area contributed by atoms with Crippen LogP contribution < -0.4 is 5.32 Å². The minimum Gasteiger partial charge on any atom is -0.381 e. The Morgan fingerprint density at radius 3 is 3.00 bits per heavy atom. The Morgan fingerprint density at radius 2 is 2.23 bits per heavy atom. The quantitative estimate of drug-likeness (QED) is 0.750. The summed E-state index contributed by atoms with van der Waals surface area (Å²) in [6.07, 6.45) is 1.63. The molecule has 4 heteroatoms. The van der Waals surface area contributed by atoms with Gasteiger partial charge in [-0.25, -0.2) is 0 Å². The molecule has 0 aliphatic carbocycles. The molecular weight excluding hydrogens is 276 g/mol. The molecule has 22 heavy (non-hydrogen) atoms. The summed E-state index contributed by atoms with van der Waals surface area (Å²) >= 11 is 0. The first kappa shape index (κ1) is 17.0. The van der Waals surface area contributed by atoms with Gasteiger partial charge in [0.05, 0.1) is 6.61 Å². The third-order valence-corrected chi connectivity index (χ3v) is 4.29. The fourth-order valence-electron chi connectivity index (χ4n) is 2.91. The molecule has 0 saturated carbocycles. The maximum atomic E-state index is 11.7. The van der Waals surface area contributed by atoms with Crippen molar-refractivity contribution >= 4 is 5.91 Å². The molecule has 1 atom stereocenters. The van der Waals surface area contributed by atoms with Crippen molar-refractivity contribution < 1.29 is 9.53 Å². The summed E-state index contributed by atoms with van der Waals surface area (Å²) in [5, 5.41) is 3.03. The first-order valence-electron chi connectivity index (χ1n) is 8.30. The average Bonchev–Trinajstić information content (AvgIpc) is 2.95. The molecule has 1 aromatic rings. The van der Waals surface area contributed by atoms with Gasteiger partial charge in [-0.1, -0.05) is 24.3 Å². The van der Waals surface area contributed by atoms with E-state index >= 15 is 0 Å². The second-order valence-corrected chi connectivity index (χ2v) is 6.07. The van der Waals surface area contributed by atoms with Crippen molar-refractivity contribution in [2.45, 2.75) is 33.2 Å². The van der Waals surface area contributed by atoms with Crippen molar-refractivity contribution in [2.24, 2.45) is 5.92 Å². The molecule has 0 bridgehead atoms. The molecule has 1 N–H and O–H groups in total. The Hall–Kier alpha value is -1.39. The third kappa shape index (κ3) is 5.43. The molecule has 4 nitrogen and oxygen atoms in total. The van der Waals surface area contributed by atoms with Crippen molar-refractivity contribution in [3.63, 3.8) is 0 Å². The van der Waals surface area contributed by atoms with E-state index in [1.165, 1.54) is 11.1 Å². The van der Waals surface area contributed by atoms with Gasteiger partial charge < -0.3 is 10.1 Å². The molecular formula is C18H28N2O2. The topological polar surface area (TPSA) is 41.6 Å². The molecule has 122 valence electrons. The third-order valence-electron chi connectivity index (χ3n) is 4.29. The van der Waals surface area contributed by atoms with E-state index in [0.29, 0.717) is 25.6 Å². The zero-order valence-electron chi connectivity index (χ0n) is 13.8. The van der Waals surface area contributed by atoms with E-state index in [-0.39, 0.29) is 5.91 Å². The number of nitrogens with one attached hydrogen (secondary N) is 1. The van der Waals surface area contributed by atoms with Crippen molar-refractivity contribution in [2.75, 3.05) is 32.8 Å². The number of amides is 1. The van der Waals surface area contributed by atoms with Crippen molar-refractivity contribution in [1.29, 1.82) is 0 Å². The van der Waals surface area contributed by atoms with Crippen LogP contribution in [0, 0.1) is 12.8 Å². The lowest BCUT2D eigenvalue weighted by Crippen LogP contribution is -2.31. The fraction of sp³-hybridized carbons (Fsp3) is 0.611. The molecule has 1 aliphatic heterocycles. The first-order chi connectivity index (χ1) is 10.7. The minimum absolute atomic E-state index is 0.103. The number of ether oxygens (including phenoxy) is 1. The molecule has 2 rings (SSSR count). The molecule has 0 spiro atoms. The number of carbonyl (C=O) groups is 1. The molecule has 0 aromatic heterocycles. The number of likely N-dealkylation sites (tertiary alicyclic amines) is 1. The second-order valence-electron chi connectivity index (χ2n) is 6.07. The maximum absolute atomic E-state index is 11.7. The van der Waals surface area contributed by atoms with E-state index < -0.39 is 0 Å². The van der Waals surface area contributed by atoms with Crippen LogP contribution in [0.2, 0.25) is 0 Å². The van der Waals surface area contributed by atoms with Crippen molar-refractivity contribution in [1.82, 2.24) is 10.2 Å². The van der Waals surface area contributed by atoms with E-state index in [1.54, 1.807) is 0 Å². The predicted octanol–water partition coefficient (Wildman–Crippen LogP) is 2.36. The molecule has 1 aromatic carbocycles.